The van der Waals surface area contributed by atoms with Crippen molar-refractivity contribution in [3.8, 4) is 0 Å². The number of amides is 4. The summed E-state index contributed by atoms with van der Waals surface area (Å²) in [7, 11) is 0. The van der Waals surface area contributed by atoms with Crippen LogP contribution in [0.15, 0.2) is 90.5 Å². The predicted molar refractivity (Wildman–Crippen MR) is 109 cm³/mol. The Hall–Kier alpha value is -3.99. The second-order valence-corrected chi connectivity index (χ2v) is 6.25. The van der Waals surface area contributed by atoms with Crippen LogP contribution >= 0.6 is 0 Å². The molecule has 28 heavy (non-hydrogen) atoms. The molecule has 0 atom stereocenters. The second kappa shape index (κ2) is 7.32. The normalized spacial score (nSPS) is 16.2. The van der Waals surface area contributed by atoms with Gasteiger partial charge in [0.1, 0.15) is 5.57 Å². The summed E-state index contributed by atoms with van der Waals surface area (Å²) in [6.45, 7) is 0. The Kier molecular flexibility index (Phi) is 4.56. The first kappa shape index (κ1) is 17.4. The first-order valence-electron chi connectivity index (χ1n) is 8.76. The molecule has 1 aliphatic rings. The Morgan fingerprint density at radius 3 is 2.32 bits per heavy atom. The van der Waals surface area contributed by atoms with Crippen molar-refractivity contribution in [1.29, 1.82) is 0 Å². The third kappa shape index (κ3) is 3.21. The zero-order valence-corrected chi connectivity index (χ0v) is 14.8. The average Bonchev–Trinajstić information content (AvgIpc) is 2.71. The van der Waals surface area contributed by atoms with Crippen LogP contribution in [0, 0.1) is 0 Å². The molecule has 0 radical (unpaired) electrons. The molecule has 0 aliphatic carbocycles. The number of fused-ring (bicyclic) bond motifs is 1. The van der Waals surface area contributed by atoms with Crippen LogP contribution < -0.4 is 10.2 Å². The lowest BCUT2D eigenvalue weighted by molar-refractivity contribution is -0.122. The van der Waals surface area contributed by atoms with Crippen molar-refractivity contribution in [2.24, 2.45) is 0 Å². The second-order valence-electron chi connectivity index (χ2n) is 6.25. The Bertz CT molecular complexity index is 1140. The van der Waals surface area contributed by atoms with Crippen molar-refractivity contribution < 1.29 is 14.4 Å². The maximum atomic E-state index is 13.0. The van der Waals surface area contributed by atoms with E-state index >= 15 is 0 Å². The van der Waals surface area contributed by atoms with Gasteiger partial charge in [-0.3, -0.25) is 14.9 Å². The highest BCUT2D eigenvalue weighted by Crippen LogP contribution is 2.29. The molecule has 1 N–H and O–H groups in total. The molecular formula is C23H16N2O3. The zero-order chi connectivity index (χ0) is 19.5. The lowest BCUT2D eigenvalue weighted by Gasteiger charge is -2.27. The van der Waals surface area contributed by atoms with Crippen LogP contribution in [-0.2, 0) is 9.59 Å². The standard InChI is InChI=1S/C23H16N2O3/c26-21-19(14-6-10-16-8-2-1-3-9-16)22(27)25(23(28)24-21)20-15-7-12-17-11-4-5-13-18(17)20/h1-15H,(H,24,26,28)/b10-6+,19-14-. The minimum atomic E-state index is -0.754. The minimum absolute atomic E-state index is 0.0975. The highest BCUT2D eigenvalue weighted by Gasteiger charge is 2.37. The van der Waals surface area contributed by atoms with Crippen LogP contribution in [-0.4, -0.2) is 17.8 Å². The van der Waals surface area contributed by atoms with Crippen LogP contribution in [0.25, 0.3) is 16.8 Å². The quantitative estimate of drug-likeness (QED) is 0.560. The molecule has 1 fully saturated rings. The number of nitrogens with one attached hydrogen (secondary N) is 1. The van der Waals surface area contributed by atoms with Gasteiger partial charge in [0.2, 0.25) is 0 Å². The summed E-state index contributed by atoms with van der Waals surface area (Å²) < 4.78 is 0. The van der Waals surface area contributed by atoms with E-state index in [9.17, 15) is 14.4 Å². The van der Waals surface area contributed by atoms with E-state index in [1.54, 1.807) is 24.3 Å². The van der Waals surface area contributed by atoms with Gasteiger partial charge in [-0.1, -0.05) is 78.9 Å². The number of hydrogen-bond donors (Lipinski definition) is 1. The van der Waals surface area contributed by atoms with Crippen molar-refractivity contribution in [1.82, 2.24) is 5.32 Å². The summed E-state index contributed by atoms with van der Waals surface area (Å²) in [4.78, 5) is 38.6. The Labute approximate surface area is 161 Å². The SMILES string of the molecule is O=C1NC(=O)N(c2cccc3ccccc23)C(=O)/C1=C\C=C\c1ccccc1. The molecule has 3 aromatic rings. The molecule has 1 saturated heterocycles. The topological polar surface area (TPSA) is 66.5 Å². The summed E-state index contributed by atoms with van der Waals surface area (Å²) >= 11 is 0. The number of rotatable bonds is 3. The lowest BCUT2D eigenvalue weighted by Crippen LogP contribution is -2.54. The van der Waals surface area contributed by atoms with Gasteiger partial charge >= 0.3 is 6.03 Å². The summed E-state index contributed by atoms with van der Waals surface area (Å²) in [5.74, 6) is -1.35. The van der Waals surface area contributed by atoms with Gasteiger partial charge in [0.15, 0.2) is 0 Å². The van der Waals surface area contributed by atoms with Crippen LogP contribution in [0.1, 0.15) is 5.56 Å². The number of carbonyl (C=O) groups excluding carboxylic acids is 3. The Balaban J connectivity index is 1.72. The van der Waals surface area contributed by atoms with Gasteiger partial charge in [-0.25, -0.2) is 9.69 Å². The highest BCUT2D eigenvalue weighted by molar-refractivity contribution is 6.38. The van der Waals surface area contributed by atoms with E-state index in [1.165, 1.54) is 6.08 Å². The summed E-state index contributed by atoms with van der Waals surface area (Å²) in [6, 6.07) is 21.6. The number of carbonyl (C=O) groups is 3. The summed E-state index contributed by atoms with van der Waals surface area (Å²) in [5, 5.41) is 3.89. The van der Waals surface area contributed by atoms with E-state index in [2.05, 4.69) is 5.32 Å². The van der Waals surface area contributed by atoms with Gasteiger partial charge in [0.25, 0.3) is 11.8 Å². The fourth-order valence-electron chi connectivity index (χ4n) is 3.12. The van der Waals surface area contributed by atoms with Gasteiger partial charge in [0, 0.05) is 5.39 Å². The molecule has 4 rings (SSSR count). The van der Waals surface area contributed by atoms with Crippen molar-refractivity contribution in [2.75, 3.05) is 4.90 Å². The van der Waals surface area contributed by atoms with E-state index in [0.717, 1.165) is 21.2 Å². The fourth-order valence-corrected chi connectivity index (χ4v) is 3.12. The molecule has 1 heterocycles. The number of anilines is 1. The third-order valence-corrected chi connectivity index (χ3v) is 4.46. The molecule has 5 heteroatoms. The molecule has 0 saturated carbocycles. The fraction of sp³-hybridized carbons (Fsp3) is 0. The van der Waals surface area contributed by atoms with Crippen LogP contribution in [0.5, 0.6) is 0 Å². The number of imide groups is 2. The number of hydrogen-bond acceptors (Lipinski definition) is 3. The predicted octanol–water partition coefficient (Wildman–Crippen LogP) is 4.06. The average molecular weight is 368 g/mol. The third-order valence-electron chi connectivity index (χ3n) is 4.46. The first-order valence-corrected chi connectivity index (χ1v) is 8.76. The van der Waals surface area contributed by atoms with E-state index in [1.807, 2.05) is 60.7 Å². The Morgan fingerprint density at radius 1 is 0.786 bits per heavy atom. The number of nitrogens with zero attached hydrogens (tertiary/aromatic N) is 1. The van der Waals surface area contributed by atoms with E-state index in [0.29, 0.717) is 5.69 Å². The van der Waals surface area contributed by atoms with Gasteiger partial charge in [-0.05, 0) is 23.1 Å². The molecule has 0 spiro atoms. The van der Waals surface area contributed by atoms with Crippen LogP contribution in [0.3, 0.4) is 0 Å². The molecule has 5 nitrogen and oxygen atoms in total. The molecule has 0 bridgehead atoms. The maximum Gasteiger partial charge on any atom is 0.335 e. The molecular weight excluding hydrogens is 352 g/mol. The number of urea groups is 1. The molecule has 0 unspecified atom stereocenters. The largest absolute Gasteiger partial charge is 0.335 e. The molecule has 4 amide bonds. The van der Waals surface area contributed by atoms with E-state index in [4.69, 9.17) is 0 Å². The van der Waals surface area contributed by atoms with Crippen molar-refractivity contribution in [3.63, 3.8) is 0 Å². The van der Waals surface area contributed by atoms with Crippen molar-refractivity contribution >= 4 is 40.4 Å². The number of allylic oxidation sites excluding steroid dienone is 2. The number of benzene rings is 3. The number of barbiturate groups is 1. The maximum absolute atomic E-state index is 13.0. The van der Waals surface area contributed by atoms with Crippen molar-refractivity contribution in [2.45, 2.75) is 0 Å². The monoisotopic (exact) mass is 368 g/mol. The smallest absolute Gasteiger partial charge is 0.273 e. The highest BCUT2D eigenvalue weighted by atomic mass is 16.2. The van der Waals surface area contributed by atoms with E-state index in [-0.39, 0.29) is 5.57 Å². The van der Waals surface area contributed by atoms with Gasteiger partial charge < -0.3 is 0 Å². The van der Waals surface area contributed by atoms with E-state index < -0.39 is 17.8 Å². The van der Waals surface area contributed by atoms with Gasteiger partial charge in [-0.15, -0.1) is 0 Å². The molecule has 136 valence electrons. The summed E-state index contributed by atoms with van der Waals surface area (Å²) in [6.07, 6.45) is 4.83. The van der Waals surface area contributed by atoms with Crippen LogP contribution in [0.2, 0.25) is 0 Å². The minimum Gasteiger partial charge on any atom is -0.273 e. The molecule has 1 aliphatic heterocycles. The van der Waals surface area contributed by atoms with Gasteiger partial charge in [0.05, 0.1) is 5.69 Å². The Morgan fingerprint density at radius 2 is 1.50 bits per heavy atom. The molecule has 0 aromatic heterocycles. The van der Waals surface area contributed by atoms with Gasteiger partial charge in [-0.2, -0.15) is 0 Å². The van der Waals surface area contributed by atoms with Crippen LogP contribution in [0.4, 0.5) is 10.5 Å². The van der Waals surface area contributed by atoms with Crippen molar-refractivity contribution in [3.05, 3.63) is 96.1 Å². The lowest BCUT2D eigenvalue weighted by atomic mass is 10.1. The zero-order valence-electron chi connectivity index (χ0n) is 14.8. The first-order chi connectivity index (χ1) is 13.6. The summed E-state index contributed by atoms with van der Waals surface area (Å²) in [5.41, 5.74) is 1.27. The molecule has 3 aromatic carbocycles.